The fraction of sp³-hybridized carbons (Fsp3) is 0.250. The number of anilines is 1. The molecule has 0 atom stereocenters. The lowest BCUT2D eigenvalue weighted by molar-refractivity contribution is -0.137. The van der Waals surface area contributed by atoms with Gasteiger partial charge < -0.3 is 15.5 Å². The van der Waals surface area contributed by atoms with Crippen molar-refractivity contribution in [1.82, 2.24) is 0 Å². The largest absolute Gasteiger partial charge is 0.507 e. The summed E-state index contributed by atoms with van der Waals surface area (Å²) in [6, 6.07) is 4.05. The molecule has 0 aliphatic rings. The predicted molar refractivity (Wildman–Crippen MR) is 63.6 cm³/mol. The molecule has 0 bridgehead atoms. The Bertz CT molecular complexity index is 495. The molecule has 0 aliphatic carbocycles. The van der Waals surface area contributed by atoms with E-state index in [2.05, 4.69) is 5.32 Å². The zero-order valence-corrected chi connectivity index (χ0v) is 9.77. The molecular formula is C12H13NO5. The maximum absolute atomic E-state index is 11.7. The maximum Gasteiger partial charge on any atom is 0.303 e. The Morgan fingerprint density at radius 3 is 2.44 bits per heavy atom. The SMILES string of the molecule is CC(=O)Nc1ccc(O)c(C(=O)CCC(=O)O)c1. The van der Waals surface area contributed by atoms with Gasteiger partial charge in [0.1, 0.15) is 5.75 Å². The van der Waals surface area contributed by atoms with Crippen LogP contribution in [0.5, 0.6) is 5.75 Å². The molecule has 1 aromatic rings. The van der Waals surface area contributed by atoms with Gasteiger partial charge in [-0.15, -0.1) is 0 Å². The first-order valence-electron chi connectivity index (χ1n) is 5.25. The summed E-state index contributed by atoms with van der Waals surface area (Å²) < 4.78 is 0. The van der Waals surface area contributed by atoms with Gasteiger partial charge in [-0.3, -0.25) is 14.4 Å². The molecule has 96 valence electrons. The van der Waals surface area contributed by atoms with E-state index in [0.717, 1.165) is 0 Å². The van der Waals surface area contributed by atoms with Crippen molar-refractivity contribution in [3.63, 3.8) is 0 Å². The van der Waals surface area contributed by atoms with Gasteiger partial charge in [0.05, 0.1) is 12.0 Å². The number of hydrogen-bond acceptors (Lipinski definition) is 4. The first kappa shape index (κ1) is 13.7. The van der Waals surface area contributed by atoms with Gasteiger partial charge in [-0.05, 0) is 18.2 Å². The number of rotatable bonds is 5. The Labute approximate surface area is 103 Å². The van der Waals surface area contributed by atoms with E-state index < -0.39 is 11.8 Å². The summed E-state index contributed by atoms with van der Waals surface area (Å²) in [7, 11) is 0. The second-order valence-corrected chi connectivity index (χ2v) is 3.73. The molecule has 3 N–H and O–H groups in total. The zero-order valence-electron chi connectivity index (χ0n) is 9.77. The van der Waals surface area contributed by atoms with Crippen LogP contribution in [0.2, 0.25) is 0 Å². The van der Waals surface area contributed by atoms with Crippen molar-refractivity contribution in [2.45, 2.75) is 19.8 Å². The summed E-state index contributed by atoms with van der Waals surface area (Å²) in [6.45, 7) is 1.32. The van der Waals surface area contributed by atoms with Crippen LogP contribution in [0, 0.1) is 0 Å². The van der Waals surface area contributed by atoms with Gasteiger partial charge in [-0.1, -0.05) is 0 Å². The molecule has 0 aromatic heterocycles. The van der Waals surface area contributed by atoms with Crippen molar-refractivity contribution < 1.29 is 24.6 Å². The number of carboxylic acid groups (broad SMARTS) is 1. The number of aromatic hydroxyl groups is 1. The number of Topliss-reactive ketones (excluding diaryl/α,β-unsaturated/α-hetero) is 1. The lowest BCUT2D eigenvalue weighted by Crippen LogP contribution is -2.08. The molecule has 0 unspecified atom stereocenters. The molecule has 0 spiro atoms. The van der Waals surface area contributed by atoms with Crippen LogP contribution in [0.15, 0.2) is 18.2 Å². The predicted octanol–water partition coefficient (Wildman–Crippen LogP) is 1.40. The molecule has 1 aromatic carbocycles. The van der Waals surface area contributed by atoms with Gasteiger partial charge in [-0.2, -0.15) is 0 Å². The number of phenols is 1. The number of ketones is 1. The van der Waals surface area contributed by atoms with Gasteiger partial charge in [-0.25, -0.2) is 0 Å². The topological polar surface area (TPSA) is 104 Å². The van der Waals surface area contributed by atoms with E-state index in [-0.39, 0.29) is 30.1 Å². The summed E-state index contributed by atoms with van der Waals surface area (Å²) >= 11 is 0. The molecule has 1 rings (SSSR count). The van der Waals surface area contributed by atoms with Crippen molar-refractivity contribution in [3.05, 3.63) is 23.8 Å². The van der Waals surface area contributed by atoms with Crippen molar-refractivity contribution in [3.8, 4) is 5.75 Å². The van der Waals surface area contributed by atoms with Gasteiger partial charge >= 0.3 is 5.97 Å². The van der Waals surface area contributed by atoms with E-state index in [1.807, 2.05) is 0 Å². The highest BCUT2D eigenvalue weighted by atomic mass is 16.4. The first-order chi connectivity index (χ1) is 8.40. The molecule has 6 heteroatoms. The minimum Gasteiger partial charge on any atom is -0.507 e. The fourth-order valence-corrected chi connectivity index (χ4v) is 1.40. The highest BCUT2D eigenvalue weighted by Gasteiger charge is 2.13. The maximum atomic E-state index is 11.7. The second-order valence-electron chi connectivity index (χ2n) is 3.73. The molecular weight excluding hydrogens is 238 g/mol. The van der Waals surface area contributed by atoms with Crippen LogP contribution in [-0.4, -0.2) is 27.9 Å². The third-order valence-electron chi connectivity index (χ3n) is 2.18. The number of hydrogen-bond donors (Lipinski definition) is 3. The zero-order chi connectivity index (χ0) is 13.7. The van der Waals surface area contributed by atoms with E-state index in [1.54, 1.807) is 0 Å². The third kappa shape index (κ3) is 3.89. The van der Waals surface area contributed by atoms with Gasteiger partial charge in [0, 0.05) is 19.0 Å². The van der Waals surface area contributed by atoms with Crippen LogP contribution in [0.3, 0.4) is 0 Å². The fourth-order valence-electron chi connectivity index (χ4n) is 1.40. The first-order valence-corrected chi connectivity index (χ1v) is 5.25. The average molecular weight is 251 g/mol. The normalized spacial score (nSPS) is 9.83. The Morgan fingerprint density at radius 2 is 1.89 bits per heavy atom. The van der Waals surface area contributed by atoms with Crippen molar-refractivity contribution in [2.24, 2.45) is 0 Å². The standard InChI is InChI=1S/C12H13NO5/c1-7(14)13-8-2-3-10(15)9(6-8)11(16)4-5-12(17)18/h2-3,6,15H,4-5H2,1H3,(H,13,14)(H,17,18). The minimum atomic E-state index is -1.08. The molecule has 0 aliphatic heterocycles. The molecule has 1 amide bonds. The molecule has 0 radical (unpaired) electrons. The van der Waals surface area contributed by atoms with E-state index in [4.69, 9.17) is 5.11 Å². The summed E-state index contributed by atoms with van der Waals surface area (Å²) in [5, 5.41) is 20.5. The van der Waals surface area contributed by atoms with Gasteiger partial charge in [0.25, 0.3) is 0 Å². The van der Waals surface area contributed by atoms with Gasteiger partial charge in [0.2, 0.25) is 5.91 Å². The van der Waals surface area contributed by atoms with E-state index >= 15 is 0 Å². The molecule has 18 heavy (non-hydrogen) atoms. The van der Waals surface area contributed by atoms with Crippen LogP contribution in [-0.2, 0) is 9.59 Å². The Kier molecular flexibility index (Phi) is 4.42. The molecule has 6 nitrogen and oxygen atoms in total. The number of benzene rings is 1. The number of phenolic OH excluding ortho intramolecular Hbond substituents is 1. The molecule has 0 saturated heterocycles. The van der Waals surface area contributed by atoms with Gasteiger partial charge in [0.15, 0.2) is 5.78 Å². The number of aliphatic carboxylic acids is 1. The number of carbonyl (C=O) groups is 3. The summed E-state index contributed by atoms with van der Waals surface area (Å²) in [5.74, 6) is -2.10. The summed E-state index contributed by atoms with van der Waals surface area (Å²) in [6.07, 6.45) is -0.505. The monoisotopic (exact) mass is 251 g/mol. The number of carboxylic acids is 1. The highest BCUT2D eigenvalue weighted by Crippen LogP contribution is 2.23. The van der Waals surface area contributed by atoms with E-state index in [9.17, 15) is 19.5 Å². The third-order valence-corrected chi connectivity index (χ3v) is 2.18. The number of amides is 1. The average Bonchev–Trinajstić information content (AvgIpc) is 2.28. The number of carbonyl (C=O) groups excluding carboxylic acids is 2. The molecule has 0 heterocycles. The summed E-state index contributed by atoms with van der Waals surface area (Å²) in [4.78, 5) is 32.9. The Hall–Kier alpha value is -2.37. The van der Waals surface area contributed by atoms with Crippen molar-refractivity contribution in [2.75, 3.05) is 5.32 Å². The molecule has 0 saturated carbocycles. The van der Waals surface area contributed by atoms with Crippen molar-refractivity contribution >= 4 is 23.3 Å². The molecule has 0 fully saturated rings. The van der Waals surface area contributed by atoms with Crippen LogP contribution >= 0.6 is 0 Å². The summed E-state index contributed by atoms with van der Waals surface area (Å²) in [5.41, 5.74) is 0.376. The van der Waals surface area contributed by atoms with E-state index in [0.29, 0.717) is 5.69 Å². The minimum absolute atomic E-state index is 0.00231. The second kappa shape index (κ2) is 5.81. The lowest BCUT2D eigenvalue weighted by atomic mass is 10.0. The van der Waals surface area contributed by atoms with Crippen LogP contribution in [0.1, 0.15) is 30.1 Å². The van der Waals surface area contributed by atoms with Crippen molar-refractivity contribution in [1.29, 1.82) is 0 Å². The number of nitrogens with one attached hydrogen (secondary N) is 1. The van der Waals surface area contributed by atoms with E-state index in [1.165, 1.54) is 25.1 Å². The lowest BCUT2D eigenvalue weighted by Gasteiger charge is -2.07. The highest BCUT2D eigenvalue weighted by molar-refractivity contribution is 6.01. The van der Waals surface area contributed by atoms with Crippen LogP contribution < -0.4 is 5.32 Å². The smallest absolute Gasteiger partial charge is 0.303 e. The quantitative estimate of drug-likeness (QED) is 0.542. The Morgan fingerprint density at radius 1 is 1.22 bits per heavy atom. The Balaban J connectivity index is 2.89. The van der Waals surface area contributed by atoms with Crippen LogP contribution in [0.25, 0.3) is 0 Å². The van der Waals surface area contributed by atoms with Crippen LogP contribution in [0.4, 0.5) is 5.69 Å².